The normalized spacial score (nSPS) is 9.29. The van der Waals surface area contributed by atoms with Gasteiger partial charge in [0.2, 0.25) is 0 Å². The lowest BCUT2D eigenvalue weighted by molar-refractivity contribution is 0.0960. The molecule has 0 aromatic rings. The van der Waals surface area contributed by atoms with E-state index >= 15 is 0 Å². The molecule has 0 unspecified atom stereocenters. The molecule has 0 heterocycles. The molecular weight excluding hydrogens is 184 g/mol. The van der Waals surface area contributed by atoms with E-state index in [2.05, 4.69) is 0 Å². The van der Waals surface area contributed by atoms with E-state index in [1.807, 2.05) is 0 Å². The molecule has 0 atom stereocenters. The van der Waals surface area contributed by atoms with Crippen molar-refractivity contribution in [2.24, 2.45) is 0 Å². The average Bonchev–Trinajstić information content (AvgIpc) is 2.10. The highest BCUT2D eigenvalue weighted by molar-refractivity contribution is 5.66. The second-order valence-corrected chi connectivity index (χ2v) is 3.20. The zero-order chi connectivity index (χ0) is 11.1. The van der Waals surface area contributed by atoms with Crippen LogP contribution >= 0.6 is 0 Å². The molecule has 4 nitrogen and oxygen atoms in total. The van der Waals surface area contributed by atoms with E-state index in [1.54, 1.807) is 27.7 Å². The Morgan fingerprint density at radius 3 is 1.29 bits per heavy atom. The Kier molecular flexibility index (Phi) is 5.38. The third-order valence-electron chi connectivity index (χ3n) is 1.10. The molecule has 0 fully saturated rings. The predicted molar refractivity (Wildman–Crippen MR) is 50.9 cm³/mol. The van der Waals surface area contributed by atoms with Crippen molar-refractivity contribution >= 4 is 11.9 Å². The van der Waals surface area contributed by atoms with Gasteiger partial charge in [-0.25, -0.2) is 9.59 Å². The summed E-state index contributed by atoms with van der Waals surface area (Å²) >= 11 is 0. The molecule has 0 radical (unpaired) electrons. The molecule has 0 bridgehead atoms. The smallest absolute Gasteiger partial charge is 0.258 e. The minimum Gasteiger partial charge on any atom is -0.477 e. The highest BCUT2D eigenvalue weighted by Crippen LogP contribution is 2.11. The second kappa shape index (κ2) is 6.03. The lowest BCUT2D eigenvalue weighted by atomic mass is 10.4. The van der Waals surface area contributed by atoms with Gasteiger partial charge in [0, 0.05) is 0 Å². The monoisotopic (exact) mass is 198 g/mol. The maximum Gasteiger partial charge on any atom is 0.258 e. The largest absolute Gasteiger partial charge is 0.477 e. The summed E-state index contributed by atoms with van der Waals surface area (Å²) in [6.07, 6.45) is -0.434. The molecule has 14 heavy (non-hydrogen) atoms. The Balaban J connectivity index is 4.67. The van der Waals surface area contributed by atoms with Crippen LogP contribution in [0.5, 0.6) is 0 Å². The Hall–Kier alpha value is -1.50. The van der Waals surface area contributed by atoms with Crippen molar-refractivity contribution in [2.45, 2.75) is 39.9 Å². The van der Waals surface area contributed by atoms with E-state index in [9.17, 15) is 9.59 Å². The lowest BCUT2D eigenvalue weighted by Crippen LogP contribution is -2.11. The molecule has 0 saturated carbocycles. The molecule has 4 heteroatoms. The number of hydrogen-bond donors (Lipinski definition) is 0. The third kappa shape index (κ3) is 4.51. The van der Waals surface area contributed by atoms with Crippen molar-refractivity contribution in [1.29, 1.82) is 0 Å². The van der Waals surface area contributed by atoms with Crippen LogP contribution in [0, 0.1) is 0 Å². The summed E-state index contributed by atoms with van der Waals surface area (Å²) in [5, 5.41) is 0. The Morgan fingerprint density at radius 1 is 0.857 bits per heavy atom. The summed E-state index contributed by atoms with van der Waals surface area (Å²) < 4.78 is 10.0. The van der Waals surface area contributed by atoms with Gasteiger partial charge in [0.05, 0.1) is 12.2 Å². The van der Waals surface area contributed by atoms with Gasteiger partial charge in [0.15, 0.2) is 11.9 Å². The number of ether oxygens (including phenoxy) is 2. The molecule has 0 rings (SSSR count). The topological polar surface area (TPSA) is 52.6 Å². The zero-order valence-corrected chi connectivity index (χ0v) is 8.79. The first-order valence-corrected chi connectivity index (χ1v) is 4.35. The lowest BCUT2D eigenvalue weighted by Gasteiger charge is -2.13. The van der Waals surface area contributed by atoms with Gasteiger partial charge in [-0.3, -0.25) is 0 Å². The van der Waals surface area contributed by atoms with Crippen LogP contribution < -0.4 is 0 Å². The minimum atomic E-state index is -0.233. The molecule has 0 N–H and O–H groups in total. The van der Waals surface area contributed by atoms with Crippen molar-refractivity contribution in [3.8, 4) is 0 Å². The Bertz CT molecular complexity index is 248. The summed E-state index contributed by atoms with van der Waals surface area (Å²) in [4.78, 5) is 20.9. The van der Waals surface area contributed by atoms with Crippen LogP contribution in [-0.2, 0) is 19.1 Å². The predicted octanol–water partition coefficient (Wildman–Crippen LogP) is 1.27. The van der Waals surface area contributed by atoms with Crippen molar-refractivity contribution < 1.29 is 19.1 Å². The second-order valence-electron chi connectivity index (χ2n) is 3.20. The number of carbonyl (C=O) groups excluding carboxylic acids is 2. The highest BCUT2D eigenvalue weighted by Gasteiger charge is 2.14. The van der Waals surface area contributed by atoms with Gasteiger partial charge in [-0.05, 0) is 27.7 Å². The third-order valence-corrected chi connectivity index (χ3v) is 1.10. The van der Waals surface area contributed by atoms with E-state index in [0.29, 0.717) is 0 Å². The summed E-state index contributed by atoms with van der Waals surface area (Å²) in [5.41, 5.74) is 0. The van der Waals surface area contributed by atoms with Crippen molar-refractivity contribution in [2.75, 3.05) is 0 Å². The van der Waals surface area contributed by atoms with E-state index in [4.69, 9.17) is 9.47 Å². The molecule has 0 aliphatic rings. The average molecular weight is 198 g/mol. The molecule has 0 spiro atoms. The van der Waals surface area contributed by atoms with Gasteiger partial charge in [-0.2, -0.15) is 0 Å². The fourth-order valence-corrected chi connectivity index (χ4v) is 0.719. The van der Waals surface area contributed by atoms with Gasteiger partial charge < -0.3 is 9.47 Å². The van der Waals surface area contributed by atoms with Gasteiger partial charge in [0.25, 0.3) is 11.5 Å². The molecule has 0 aliphatic carbocycles. The van der Waals surface area contributed by atoms with E-state index < -0.39 is 0 Å². The standard InChI is InChI=1S/C10H14O4/c1-7(2)13-9(5-11)10(6-12)14-8(3)4/h7-8H,1-4H3. The number of hydrogen-bond acceptors (Lipinski definition) is 4. The van der Waals surface area contributed by atoms with Crippen LogP contribution in [0.4, 0.5) is 0 Å². The fourth-order valence-electron chi connectivity index (χ4n) is 0.719. The summed E-state index contributed by atoms with van der Waals surface area (Å²) in [6.45, 7) is 6.93. The maximum atomic E-state index is 10.5. The molecule has 0 amide bonds. The fraction of sp³-hybridized carbons (Fsp3) is 0.600. The van der Waals surface area contributed by atoms with Crippen LogP contribution in [0.3, 0.4) is 0 Å². The van der Waals surface area contributed by atoms with Gasteiger partial charge in [-0.15, -0.1) is 0 Å². The summed E-state index contributed by atoms with van der Waals surface area (Å²) in [7, 11) is 0. The van der Waals surface area contributed by atoms with Gasteiger partial charge >= 0.3 is 0 Å². The van der Waals surface area contributed by atoms with Crippen LogP contribution in [-0.4, -0.2) is 24.1 Å². The van der Waals surface area contributed by atoms with Gasteiger partial charge in [-0.1, -0.05) is 0 Å². The maximum absolute atomic E-state index is 10.5. The van der Waals surface area contributed by atoms with Gasteiger partial charge in [0.1, 0.15) is 0 Å². The van der Waals surface area contributed by atoms with Crippen LogP contribution in [0.1, 0.15) is 27.7 Å². The first-order chi connectivity index (χ1) is 6.51. The van der Waals surface area contributed by atoms with Crippen LogP contribution in [0.15, 0.2) is 11.5 Å². The first-order valence-electron chi connectivity index (χ1n) is 4.35. The van der Waals surface area contributed by atoms with Crippen molar-refractivity contribution in [3.05, 3.63) is 11.5 Å². The highest BCUT2D eigenvalue weighted by atomic mass is 16.5. The minimum absolute atomic E-state index is 0.217. The van der Waals surface area contributed by atoms with E-state index in [0.717, 1.165) is 0 Å². The molecule has 78 valence electrons. The van der Waals surface area contributed by atoms with E-state index in [-0.39, 0.29) is 23.7 Å². The summed E-state index contributed by atoms with van der Waals surface area (Å²) in [5.74, 6) is 2.55. The first kappa shape index (κ1) is 12.5. The van der Waals surface area contributed by atoms with Crippen molar-refractivity contribution in [1.82, 2.24) is 0 Å². The SMILES string of the molecule is CC(C)OC(=C=O)C(=C=O)OC(C)C. The Labute approximate surface area is 83.2 Å². The van der Waals surface area contributed by atoms with Crippen molar-refractivity contribution in [3.63, 3.8) is 0 Å². The van der Waals surface area contributed by atoms with Crippen LogP contribution in [0.25, 0.3) is 0 Å². The Morgan fingerprint density at radius 2 is 1.14 bits per heavy atom. The number of rotatable bonds is 5. The van der Waals surface area contributed by atoms with E-state index in [1.165, 1.54) is 11.9 Å². The molecule has 0 aromatic carbocycles. The quantitative estimate of drug-likeness (QED) is 0.379. The summed E-state index contributed by atoms with van der Waals surface area (Å²) in [6, 6.07) is 0. The molecule has 0 aliphatic heterocycles. The van der Waals surface area contributed by atoms with Crippen LogP contribution in [0.2, 0.25) is 0 Å². The molecular formula is C10H14O4. The zero-order valence-electron chi connectivity index (χ0n) is 8.79. The molecule has 0 saturated heterocycles. The molecule has 0 aromatic heterocycles.